The zero-order chi connectivity index (χ0) is 21.3. The summed E-state index contributed by atoms with van der Waals surface area (Å²) in [7, 11) is 0. The fourth-order valence-electron chi connectivity index (χ4n) is 2.93. The van der Waals surface area contributed by atoms with Crippen LogP contribution in [0.4, 0.5) is 5.00 Å². The third-order valence-electron chi connectivity index (χ3n) is 4.28. The molecule has 0 bridgehead atoms. The van der Waals surface area contributed by atoms with E-state index in [4.69, 9.17) is 9.15 Å². The molecule has 1 aromatic carbocycles. The second kappa shape index (κ2) is 8.00. The van der Waals surface area contributed by atoms with Crippen molar-refractivity contribution >= 4 is 45.0 Å². The van der Waals surface area contributed by atoms with E-state index in [1.165, 1.54) is 6.92 Å². The molecule has 1 amide bonds. The Labute approximate surface area is 170 Å². The Hall–Kier alpha value is -3.26. The van der Waals surface area contributed by atoms with Gasteiger partial charge in [-0.15, -0.1) is 11.3 Å². The quantitative estimate of drug-likeness (QED) is 0.499. The summed E-state index contributed by atoms with van der Waals surface area (Å²) < 4.78 is 10.6. The minimum atomic E-state index is -0.702. The third-order valence-corrected chi connectivity index (χ3v) is 5.59. The fourth-order valence-corrected chi connectivity index (χ4v) is 4.02. The number of benzene rings is 1. The van der Waals surface area contributed by atoms with Crippen molar-refractivity contribution in [3.05, 3.63) is 61.8 Å². The largest absolute Gasteiger partial charge is 0.462 e. The van der Waals surface area contributed by atoms with Crippen molar-refractivity contribution in [1.29, 1.82) is 0 Å². The monoisotopic (exact) mass is 413 g/mol. The first-order chi connectivity index (χ1) is 13.7. The summed E-state index contributed by atoms with van der Waals surface area (Å²) in [5, 5.41) is 3.12. The molecule has 0 aliphatic carbocycles. The number of aryl methyl sites for hydroxylation is 1. The predicted molar refractivity (Wildman–Crippen MR) is 110 cm³/mol. The average molecular weight is 413 g/mol. The van der Waals surface area contributed by atoms with Crippen LogP contribution in [0.15, 0.2) is 33.5 Å². The van der Waals surface area contributed by atoms with E-state index in [1.54, 1.807) is 32.0 Å². The zero-order valence-electron chi connectivity index (χ0n) is 16.4. The molecule has 3 rings (SSSR count). The molecule has 0 aliphatic heterocycles. The van der Waals surface area contributed by atoms with Gasteiger partial charge >= 0.3 is 5.97 Å². The van der Waals surface area contributed by atoms with Crippen molar-refractivity contribution in [2.75, 3.05) is 11.9 Å². The first kappa shape index (κ1) is 20.5. The van der Waals surface area contributed by atoms with Gasteiger partial charge in [-0.2, -0.15) is 0 Å². The van der Waals surface area contributed by atoms with E-state index in [9.17, 15) is 19.2 Å². The summed E-state index contributed by atoms with van der Waals surface area (Å²) in [6.45, 7) is 6.66. The van der Waals surface area contributed by atoms with Gasteiger partial charge in [0, 0.05) is 6.07 Å². The van der Waals surface area contributed by atoms with E-state index in [0.29, 0.717) is 15.8 Å². The summed E-state index contributed by atoms with van der Waals surface area (Å²) in [5.74, 6) is -1.77. The number of hydrogen-bond acceptors (Lipinski definition) is 7. The van der Waals surface area contributed by atoms with Crippen LogP contribution in [0, 0.1) is 13.8 Å². The fraction of sp³-hybridized carbons (Fsp3) is 0.238. The van der Waals surface area contributed by atoms with Crippen molar-refractivity contribution in [1.82, 2.24) is 0 Å². The molecule has 3 aromatic rings. The lowest BCUT2D eigenvalue weighted by Crippen LogP contribution is -2.16. The van der Waals surface area contributed by atoms with Crippen molar-refractivity contribution in [3.8, 4) is 0 Å². The van der Waals surface area contributed by atoms with Gasteiger partial charge in [0.1, 0.15) is 10.6 Å². The standard InChI is InChI=1S/C21H19NO6S/c1-5-27-21(26)17-11(3)18(12(4)23)29-20(17)22-19(25)16-9-14(24)13-8-10(2)6-7-15(13)28-16/h6-9H,5H2,1-4H3,(H,22,25). The zero-order valence-corrected chi connectivity index (χ0v) is 17.2. The van der Waals surface area contributed by atoms with Crippen LogP contribution in [0.3, 0.4) is 0 Å². The Morgan fingerprint density at radius 1 is 1.17 bits per heavy atom. The van der Waals surface area contributed by atoms with E-state index in [1.807, 2.05) is 6.92 Å². The molecule has 8 heteroatoms. The lowest BCUT2D eigenvalue weighted by Gasteiger charge is -2.07. The lowest BCUT2D eigenvalue weighted by molar-refractivity contribution is 0.0527. The molecule has 0 atom stereocenters. The molecule has 0 fully saturated rings. The molecule has 0 aliphatic rings. The maximum Gasteiger partial charge on any atom is 0.341 e. The number of ether oxygens (including phenoxy) is 1. The van der Waals surface area contributed by atoms with E-state index in [0.717, 1.165) is 23.0 Å². The number of carbonyl (C=O) groups is 3. The van der Waals surface area contributed by atoms with Crippen LogP contribution in [0.25, 0.3) is 11.0 Å². The molecular formula is C21H19NO6S. The van der Waals surface area contributed by atoms with Crippen LogP contribution in [0.2, 0.25) is 0 Å². The third kappa shape index (κ3) is 3.97. The molecule has 29 heavy (non-hydrogen) atoms. The molecule has 7 nitrogen and oxygen atoms in total. The molecule has 0 unspecified atom stereocenters. The van der Waals surface area contributed by atoms with Crippen molar-refractivity contribution in [2.45, 2.75) is 27.7 Å². The van der Waals surface area contributed by atoms with Gasteiger partial charge in [-0.25, -0.2) is 4.79 Å². The van der Waals surface area contributed by atoms with Gasteiger partial charge in [-0.05, 0) is 45.4 Å². The minimum Gasteiger partial charge on any atom is -0.462 e. The summed E-state index contributed by atoms with van der Waals surface area (Å²) in [5.41, 5.74) is 1.39. The van der Waals surface area contributed by atoms with Crippen LogP contribution in [0.5, 0.6) is 0 Å². The Balaban J connectivity index is 2.02. The van der Waals surface area contributed by atoms with E-state index < -0.39 is 11.9 Å². The molecule has 0 spiro atoms. The molecule has 1 N–H and O–H groups in total. The van der Waals surface area contributed by atoms with Crippen molar-refractivity contribution in [3.63, 3.8) is 0 Å². The highest BCUT2D eigenvalue weighted by Gasteiger charge is 2.26. The van der Waals surface area contributed by atoms with Gasteiger partial charge in [-0.1, -0.05) is 11.6 Å². The molecule has 0 saturated carbocycles. The first-order valence-corrected chi connectivity index (χ1v) is 9.71. The molecular weight excluding hydrogens is 394 g/mol. The van der Waals surface area contributed by atoms with Crippen molar-refractivity contribution < 1.29 is 23.5 Å². The lowest BCUT2D eigenvalue weighted by atomic mass is 10.1. The summed E-state index contributed by atoms with van der Waals surface area (Å²) >= 11 is 0.979. The Bertz CT molecular complexity index is 1200. The van der Waals surface area contributed by atoms with Crippen LogP contribution >= 0.6 is 11.3 Å². The number of ketones is 1. The minimum absolute atomic E-state index is 0.120. The van der Waals surface area contributed by atoms with Crippen LogP contribution in [-0.4, -0.2) is 24.3 Å². The second-order valence-electron chi connectivity index (χ2n) is 6.47. The maximum atomic E-state index is 12.7. The van der Waals surface area contributed by atoms with Crippen LogP contribution < -0.4 is 10.7 Å². The summed E-state index contributed by atoms with van der Waals surface area (Å²) in [6.07, 6.45) is 0. The normalized spacial score (nSPS) is 10.8. The Morgan fingerprint density at radius 3 is 2.55 bits per heavy atom. The SMILES string of the molecule is CCOC(=O)c1c(NC(=O)c2cc(=O)c3cc(C)ccc3o2)sc(C(C)=O)c1C. The van der Waals surface area contributed by atoms with Gasteiger partial charge in [0.05, 0.1) is 22.4 Å². The highest BCUT2D eigenvalue weighted by molar-refractivity contribution is 7.18. The number of anilines is 1. The number of fused-ring (bicyclic) bond motifs is 1. The predicted octanol–water partition coefficient (Wildman–Crippen LogP) is 4.10. The molecule has 2 aromatic heterocycles. The highest BCUT2D eigenvalue weighted by atomic mass is 32.1. The van der Waals surface area contributed by atoms with Gasteiger partial charge in [0.2, 0.25) is 0 Å². The molecule has 0 radical (unpaired) electrons. The topological polar surface area (TPSA) is 103 Å². The number of hydrogen-bond donors (Lipinski definition) is 1. The van der Waals surface area contributed by atoms with Gasteiger partial charge in [0.15, 0.2) is 17.0 Å². The Morgan fingerprint density at radius 2 is 1.90 bits per heavy atom. The van der Waals surface area contributed by atoms with Gasteiger partial charge < -0.3 is 14.5 Å². The smallest absolute Gasteiger partial charge is 0.341 e. The number of Topliss-reactive ketones (excluding diaryl/α,β-unsaturated/α-hetero) is 1. The maximum absolute atomic E-state index is 12.7. The number of thiophene rings is 1. The second-order valence-corrected chi connectivity index (χ2v) is 7.49. The summed E-state index contributed by atoms with van der Waals surface area (Å²) in [6, 6.07) is 6.18. The number of nitrogens with one attached hydrogen (secondary N) is 1. The van der Waals surface area contributed by atoms with E-state index >= 15 is 0 Å². The van der Waals surface area contributed by atoms with E-state index in [-0.39, 0.29) is 39.7 Å². The van der Waals surface area contributed by atoms with Gasteiger partial charge in [0.25, 0.3) is 5.91 Å². The number of rotatable bonds is 5. The highest BCUT2D eigenvalue weighted by Crippen LogP contribution is 2.34. The van der Waals surface area contributed by atoms with E-state index in [2.05, 4.69) is 5.32 Å². The first-order valence-electron chi connectivity index (χ1n) is 8.90. The molecule has 2 heterocycles. The Kier molecular flexibility index (Phi) is 5.65. The average Bonchev–Trinajstić information content (AvgIpc) is 2.98. The van der Waals surface area contributed by atoms with Gasteiger partial charge in [-0.3, -0.25) is 14.4 Å². The summed E-state index contributed by atoms with van der Waals surface area (Å²) in [4.78, 5) is 49.7. The van der Waals surface area contributed by atoms with Crippen LogP contribution in [0.1, 0.15) is 55.6 Å². The van der Waals surface area contributed by atoms with Crippen LogP contribution in [-0.2, 0) is 4.74 Å². The molecule has 0 saturated heterocycles. The van der Waals surface area contributed by atoms with Crippen molar-refractivity contribution in [2.24, 2.45) is 0 Å². The number of esters is 1. The molecule has 150 valence electrons. The number of amides is 1. The number of carbonyl (C=O) groups excluding carboxylic acids is 3.